The van der Waals surface area contributed by atoms with Gasteiger partial charge in [-0.15, -0.1) is 0 Å². The Morgan fingerprint density at radius 1 is 1.10 bits per heavy atom. The van der Waals surface area contributed by atoms with Gasteiger partial charge in [-0.1, -0.05) is 36.4 Å². The first-order valence-corrected chi connectivity index (χ1v) is 6.57. The van der Waals surface area contributed by atoms with Gasteiger partial charge in [-0.3, -0.25) is 9.67 Å². The third kappa shape index (κ3) is 2.23. The molecule has 4 nitrogen and oxygen atoms in total. The van der Waals surface area contributed by atoms with Crippen molar-refractivity contribution in [3.05, 3.63) is 59.4 Å². The lowest BCUT2D eigenvalue weighted by Crippen LogP contribution is -1.98. The minimum Gasteiger partial charge on any atom is -0.497 e. The molecule has 0 bridgehead atoms. The van der Waals surface area contributed by atoms with E-state index in [4.69, 9.17) is 17.0 Å². The van der Waals surface area contributed by atoms with Crippen molar-refractivity contribution in [2.24, 2.45) is 0 Å². The molecular weight excluding hydrogens is 270 g/mol. The van der Waals surface area contributed by atoms with E-state index >= 15 is 0 Å². The van der Waals surface area contributed by atoms with Crippen molar-refractivity contribution in [1.29, 1.82) is 0 Å². The topological polar surface area (TPSA) is 42.8 Å². The van der Waals surface area contributed by atoms with Crippen LogP contribution < -0.4 is 4.74 Å². The summed E-state index contributed by atoms with van der Waals surface area (Å²) in [6.07, 6.45) is 0. The third-order valence-electron chi connectivity index (χ3n) is 3.02. The van der Waals surface area contributed by atoms with Gasteiger partial charge in [0.1, 0.15) is 5.75 Å². The van der Waals surface area contributed by atoms with Crippen molar-refractivity contribution < 1.29 is 4.74 Å². The first kappa shape index (κ1) is 12.6. The Kier molecular flexibility index (Phi) is 3.35. The maximum absolute atomic E-state index is 5.34. The van der Waals surface area contributed by atoms with Crippen LogP contribution >= 0.6 is 12.2 Å². The monoisotopic (exact) mass is 283 g/mol. The van der Waals surface area contributed by atoms with Gasteiger partial charge < -0.3 is 4.74 Å². The summed E-state index contributed by atoms with van der Waals surface area (Å²) >= 11 is 5.34. The molecule has 0 unspecified atom stereocenters. The van der Waals surface area contributed by atoms with Crippen LogP contribution in [0.1, 0.15) is 0 Å². The molecule has 5 heteroatoms. The summed E-state index contributed by atoms with van der Waals surface area (Å²) in [7, 11) is 1.64. The van der Waals surface area contributed by atoms with Crippen LogP contribution in [0.5, 0.6) is 5.75 Å². The number of hydrogen-bond donors (Lipinski definition) is 1. The number of ether oxygens (including phenoxy) is 1. The number of methoxy groups -OCH3 is 1. The predicted octanol–water partition coefficient (Wildman–Crippen LogP) is 3.61. The Morgan fingerprint density at radius 3 is 2.65 bits per heavy atom. The van der Waals surface area contributed by atoms with E-state index in [0.717, 1.165) is 22.8 Å². The van der Waals surface area contributed by atoms with Crippen molar-refractivity contribution in [3.63, 3.8) is 0 Å². The van der Waals surface area contributed by atoms with E-state index in [0.29, 0.717) is 4.77 Å². The van der Waals surface area contributed by atoms with Crippen molar-refractivity contribution in [1.82, 2.24) is 14.8 Å². The Morgan fingerprint density at radius 2 is 1.90 bits per heavy atom. The largest absolute Gasteiger partial charge is 0.497 e. The van der Waals surface area contributed by atoms with E-state index in [9.17, 15) is 0 Å². The second-order valence-electron chi connectivity index (χ2n) is 4.26. The summed E-state index contributed by atoms with van der Waals surface area (Å²) in [5.74, 6) is 1.56. The first-order chi connectivity index (χ1) is 9.79. The van der Waals surface area contributed by atoms with Crippen LogP contribution in [-0.4, -0.2) is 21.9 Å². The Hall–Kier alpha value is -2.40. The van der Waals surface area contributed by atoms with Gasteiger partial charge in [-0.2, -0.15) is 5.10 Å². The number of nitrogens with one attached hydrogen (secondary N) is 1. The SMILES string of the molecule is COc1cccc(-n2c(-c3ccccc3)n[nH]c2=S)c1. The zero-order chi connectivity index (χ0) is 13.9. The van der Waals surface area contributed by atoms with Crippen LogP contribution in [0.15, 0.2) is 54.6 Å². The highest BCUT2D eigenvalue weighted by Gasteiger charge is 2.10. The quantitative estimate of drug-likeness (QED) is 0.747. The molecule has 0 aliphatic heterocycles. The molecule has 0 saturated carbocycles. The summed E-state index contributed by atoms with van der Waals surface area (Å²) in [4.78, 5) is 0. The van der Waals surface area contributed by atoms with Crippen LogP contribution in [0.4, 0.5) is 0 Å². The van der Waals surface area contributed by atoms with Crippen molar-refractivity contribution in [2.45, 2.75) is 0 Å². The van der Waals surface area contributed by atoms with Gasteiger partial charge in [0.2, 0.25) is 0 Å². The van der Waals surface area contributed by atoms with E-state index < -0.39 is 0 Å². The minimum absolute atomic E-state index is 0.553. The standard InChI is InChI=1S/C15H13N3OS/c1-19-13-9-5-8-12(10-13)18-14(16-17-15(18)20)11-6-3-2-4-7-11/h2-10H,1H3,(H,17,20). The number of H-pyrrole nitrogens is 1. The molecule has 0 spiro atoms. The van der Waals surface area contributed by atoms with E-state index in [-0.39, 0.29) is 0 Å². The molecule has 0 radical (unpaired) electrons. The van der Waals surface area contributed by atoms with Crippen LogP contribution in [0.2, 0.25) is 0 Å². The second-order valence-corrected chi connectivity index (χ2v) is 4.64. The van der Waals surface area contributed by atoms with Crippen LogP contribution in [0.25, 0.3) is 17.1 Å². The maximum atomic E-state index is 5.34. The fourth-order valence-corrected chi connectivity index (χ4v) is 2.30. The zero-order valence-corrected chi connectivity index (χ0v) is 11.7. The summed E-state index contributed by atoms with van der Waals surface area (Å²) in [5, 5.41) is 7.17. The van der Waals surface area contributed by atoms with Gasteiger partial charge in [0.05, 0.1) is 12.8 Å². The lowest BCUT2D eigenvalue weighted by Gasteiger charge is -2.08. The molecule has 0 aliphatic rings. The van der Waals surface area contributed by atoms with Crippen LogP contribution in [0, 0.1) is 4.77 Å². The fraction of sp³-hybridized carbons (Fsp3) is 0.0667. The normalized spacial score (nSPS) is 10.4. The van der Waals surface area contributed by atoms with Gasteiger partial charge >= 0.3 is 0 Å². The maximum Gasteiger partial charge on any atom is 0.200 e. The molecule has 0 saturated heterocycles. The summed E-state index contributed by atoms with van der Waals surface area (Å²) in [5.41, 5.74) is 1.92. The van der Waals surface area contributed by atoms with Gasteiger partial charge in [-0.25, -0.2) is 0 Å². The number of rotatable bonds is 3. The molecular formula is C15H13N3OS. The summed E-state index contributed by atoms with van der Waals surface area (Å²) in [6, 6.07) is 17.7. The van der Waals surface area contributed by atoms with E-state index in [1.165, 1.54) is 0 Å². The Labute approximate surface area is 121 Å². The minimum atomic E-state index is 0.553. The average molecular weight is 283 g/mol. The lowest BCUT2D eigenvalue weighted by atomic mass is 10.2. The molecule has 100 valence electrons. The molecule has 20 heavy (non-hydrogen) atoms. The number of aromatic amines is 1. The fourth-order valence-electron chi connectivity index (χ4n) is 2.07. The molecule has 3 aromatic rings. The van der Waals surface area contributed by atoms with Gasteiger partial charge in [0.25, 0.3) is 0 Å². The molecule has 1 N–H and O–H groups in total. The highest BCUT2D eigenvalue weighted by atomic mass is 32.1. The van der Waals surface area contributed by atoms with Gasteiger partial charge in [-0.05, 0) is 24.4 Å². The van der Waals surface area contributed by atoms with Crippen molar-refractivity contribution in [2.75, 3.05) is 7.11 Å². The molecule has 1 aromatic heterocycles. The number of hydrogen-bond acceptors (Lipinski definition) is 3. The molecule has 1 heterocycles. The van der Waals surface area contributed by atoms with Gasteiger partial charge in [0, 0.05) is 11.6 Å². The van der Waals surface area contributed by atoms with E-state index in [2.05, 4.69) is 10.2 Å². The van der Waals surface area contributed by atoms with Crippen molar-refractivity contribution >= 4 is 12.2 Å². The number of benzene rings is 2. The molecule has 0 atom stereocenters. The highest BCUT2D eigenvalue weighted by Crippen LogP contribution is 2.23. The zero-order valence-electron chi connectivity index (χ0n) is 10.9. The lowest BCUT2D eigenvalue weighted by molar-refractivity contribution is 0.414. The first-order valence-electron chi connectivity index (χ1n) is 6.17. The summed E-state index contributed by atoms with van der Waals surface area (Å²) < 4.78 is 7.71. The second kappa shape index (κ2) is 5.30. The molecule has 3 rings (SSSR count). The van der Waals surface area contributed by atoms with Crippen LogP contribution in [-0.2, 0) is 0 Å². The van der Waals surface area contributed by atoms with E-state index in [1.54, 1.807) is 7.11 Å². The van der Waals surface area contributed by atoms with Gasteiger partial charge in [0.15, 0.2) is 10.6 Å². The third-order valence-corrected chi connectivity index (χ3v) is 3.29. The molecule has 0 fully saturated rings. The van der Waals surface area contributed by atoms with E-state index in [1.807, 2.05) is 59.2 Å². The molecule has 0 amide bonds. The van der Waals surface area contributed by atoms with Crippen molar-refractivity contribution in [3.8, 4) is 22.8 Å². The van der Waals surface area contributed by atoms with Crippen LogP contribution in [0.3, 0.4) is 0 Å². The highest BCUT2D eigenvalue weighted by molar-refractivity contribution is 7.71. The Balaban J connectivity index is 2.19. The Bertz CT molecular complexity index is 777. The smallest absolute Gasteiger partial charge is 0.200 e. The molecule has 0 aliphatic carbocycles. The number of nitrogens with zero attached hydrogens (tertiary/aromatic N) is 2. The summed E-state index contributed by atoms with van der Waals surface area (Å²) in [6.45, 7) is 0. The molecule has 2 aromatic carbocycles. The predicted molar refractivity (Wildman–Crippen MR) is 80.7 cm³/mol. The number of aromatic nitrogens is 3. The average Bonchev–Trinajstić information content (AvgIpc) is 2.90.